The molecule has 3 nitrogen and oxygen atoms in total. The molecule has 2 fully saturated rings. The molecule has 1 heterocycles. The molecule has 0 bridgehead atoms. The number of rotatable bonds is 8. The van der Waals surface area contributed by atoms with Crippen LogP contribution in [0.2, 0.25) is 0 Å². The van der Waals surface area contributed by atoms with Crippen LogP contribution in [-0.2, 0) is 0 Å². The lowest BCUT2D eigenvalue weighted by Crippen LogP contribution is -2.36. The van der Waals surface area contributed by atoms with Gasteiger partial charge < -0.3 is 15.1 Å². The van der Waals surface area contributed by atoms with Crippen LogP contribution < -0.4 is 5.32 Å². The molecule has 2 rings (SSSR count). The van der Waals surface area contributed by atoms with Gasteiger partial charge in [-0.25, -0.2) is 0 Å². The molecule has 0 aromatic heterocycles. The third-order valence-corrected chi connectivity index (χ3v) is 6.25. The smallest absolute Gasteiger partial charge is 0.00138 e. The van der Waals surface area contributed by atoms with E-state index in [1.54, 1.807) is 0 Å². The zero-order chi connectivity index (χ0) is 20.7. The number of hydrogen-bond donors (Lipinski definition) is 1. The first-order valence-corrected chi connectivity index (χ1v) is 12.0. The Labute approximate surface area is 172 Å². The Hall–Kier alpha value is -0.120. The van der Waals surface area contributed by atoms with Gasteiger partial charge in [0.05, 0.1) is 0 Å². The maximum atomic E-state index is 3.37. The molecule has 0 aromatic rings. The summed E-state index contributed by atoms with van der Waals surface area (Å²) in [6.45, 7) is 28.0. The summed E-state index contributed by atoms with van der Waals surface area (Å²) in [5, 5.41) is 3.37. The molecule has 1 saturated heterocycles. The summed E-state index contributed by atoms with van der Waals surface area (Å²) in [5.74, 6) is 2.01. The van der Waals surface area contributed by atoms with E-state index in [1.807, 2.05) is 0 Å². The van der Waals surface area contributed by atoms with E-state index in [4.69, 9.17) is 0 Å². The Balaban J connectivity index is 0.000000379. The summed E-state index contributed by atoms with van der Waals surface area (Å²) in [7, 11) is 0. The van der Waals surface area contributed by atoms with E-state index in [-0.39, 0.29) is 0 Å². The molecule has 1 N–H and O–H groups in total. The second-order valence-electron chi connectivity index (χ2n) is 9.38. The van der Waals surface area contributed by atoms with E-state index >= 15 is 0 Å². The quantitative estimate of drug-likeness (QED) is 0.596. The number of likely N-dealkylation sites (tertiary alicyclic amines) is 1. The molecule has 0 amide bonds. The molecule has 2 aliphatic rings. The molecule has 0 atom stereocenters. The van der Waals surface area contributed by atoms with Crippen molar-refractivity contribution >= 4 is 0 Å². The highest BCUT2D eigenvalue weighted by molar-refractivity contribution is 4.78. The molecule has 1 saturated carbocycles. The van der Waals surface area contributed by atoms with Gasteiger partial charge in [0.2, 0.25) is 0 Å². The Kier molecular flexibility index (Phi) is 15.7. The minimum atomic E-state index is 0.617. The summed E-state index contributed by atoms with van der Waals surface area (Å²) in [6.07, 6.45) is 6.93. The zero-order valence-corrected chi connectivity index (χ0v) is 20.2. The molecule has 27 heavy (non-hydrogen) atoms. The summed E-state index contributed by atoms with van der Waals surface area (Å²) >= 11 is 0. The van der Waals surface area contributed by atoms with E-state index in [0.717, 1.165) is 18.4 Å². The second-order valence-corrected chi connectivity index (χ2v) is 9.38. The van der Waals surface area contributed by atoms with E-state index in [2.05, 4.69) is 70.5 Å². The molecular weight excluding hydrogens is 330 g/mol. The predicted molar refractivity (Wildman–Crippen MR) is 124 cm³/mol. The van der Waals surface area contributed by atoms with Crippen LogP contribution >= 0.6 is 0 Å². The van der Waals surface area contributed by atoms with Gasteiger partial charge in [-0.1, -0.05) is 55.4 Å². The standard InChI is InChI=1S/C9H19N.C8H17N.C7H17N/c1-4-10-7-5-9(2,3)6-8-10;1-3-9-6-8-4-7(2)5-8;1-4-7-8(5-2)6-3/h4-8H2,1-3H3;7-9H,3-6H2,1-2H3;4-7H2,1-3H3. The van der Waals surface area contributed by atoms with E-state index in [9.17, 15) is 0 Å². The van der Waals surface area contributed by atoms with Crippen molar-refractivity contribution in [3.63, 3.8) is 0 Å². The maximum absolute atomic E-state index is 3.37. The SMILES string of the molecule is CCCN(CC)CC.CCN1CCC(C)(C)CC1.CCNCC1CC(C)C1. The Bertz CT molecular complexity index is 310. The van der Waals surface area contributed by atoms with Crippen LogP contribution in [0.25, 0.3) is 0 Å². The van der Waals surface area contributed by atoms with Gasteiger partial charge in [0.25, 0.3) is 0 Å². The first-order chi connectivity index (χ1) is 12.8. The third kappa shape index (κ3) is 13.7. The molecule has 0 spiro atoms. The van der Waals surface area contributed by atoms with Crippen molar-refractivity contribution in [2.24, 2.45) is 17.3 Å². The molecule has 3 heteroatoms. The maximum Gasteiger partial charge on any atom is -0.00138 e. The highest BCUT2D eigenvalue weighted by Crippen LogP contribution is 2.32. The van der Waals surface area contributed by atoms with Crippen LogP contribution in [0, 0.1) is 17.3 Å². The van der Waals surface area contributed by atoms with Crippen LogP contribution in [0.4, 0.5) is 0 Å². The number of nitrogens with one attached hydrogen (secondary N) is 1. The highest BCUT2D eigenvalue weighted by Gasteiger charge is 2.24. The monoisotopic (exact) mass is 383 g/mol. The Morgan fingerprint density at radius 3 is 1.85 bits per heavy atom. The lowest BCUT2D eigenvalue weighted by molar-refractivity contribution is 0.138. The summed E-state index contributed by atoms with van der Waals surface area (Å²) in [5.41, 5.74) is 0.617. The lowest BCUT2D eigenvalue weighted by atomic mass is 9.76. The van der Waals surface area contributed by atoms with Crippen molar-refractivity contribution in [2.45, 2.75) is 87.5 Å². The number of nitrogens with zero attached hydrogens (tertiary/aromatic N) is 2. The van der Waals surface area contributed by atoms with Crippen LogP contribution in [0.5, 0.6) is 0 Å². The number of hydrogen-bond acceptors (Lipinski definition) is 3. The van der Waals surface area contributed by atoms with Crippen molar-refractivity contribution in [3.05, 3.63) is 0 Å². The normalized spacial score (nSPS) is 24.3. The van der Waals surface area contributed by atoms with Gasteiger partial charge in [-0.3, -0.25) is 0 Å². The van der Waals surface area contributed by atoms with Gasteiger partial charge in [0, 0.05) is 0 Å². The lowest BCUT2D eigenvalue weighted by Gasteiger charge is -2.36. The van der Waals surface area contributed by atoms with E-state index < -0.39 is 0 Å². The first kappa shape index (κ1) is 26.9. The molecule has 1 aliphatic heterocycles. The summed E-state index contributed by atoms with van der Waals surface area (Å²) < 4.78 is 0. The minimum Gasteiger partial charge on any atom is -0.317 e. The predicted octanol–water partition coefficient (Wildman–Crippen LogP) is 5.51. The van der Waals surface area contributed by atoms with Crippen molar-refractivity contribution in [1.82, 2.24) is 15.1 Å². The Morgan fingerprint density at radius 2 is 1.52 bits per heavy atom. The van der Waals surface area contributed by atoms with Crippen LogP contribution in [-0.4, -0.2) is 62.2 Å². The van der Waals surface area contributed by atoms with Crippen LogP contribution in [0.3, 0.4) is 0 Å². The molecular formula is C24H53N3. The third-order valence-electron chi connectivity index (χ3n) is 6.25. The largest absolute Gasteiger partial charge is 0.317 e. The average Bonchev–Trinajstić information content (AvgIpc) is 2.63. The highest BCUT2D eigenvalue weighted by atomic mass is 15.1. The van der Waals surface area contributed by atoms with Crippen LogP contribution in [0.15, 0.2) is 0 Å². The van der Waals surface area contributed by atoms with Crippen molar-refractivity contribution in [1.29, 1.82) is 0 Å². The molecule has 0 aromatic carbocycles. The van der Waals surface area contributed by atoms with E-state index in [0.29, 0.717) is 5.41 Å². The van der Waals surface area contributed by atoms with Crippen molar-refractivity contribution in [3.8, 4) is 0 Å². The fraction of sp³-hybridized carbons (Fsp3) is 1.00. The fourth-order valence-corrected chi connectivity index (χ4v) is 3.91. The van der Waals surface area contributed by atoms with Gasteiger partial charge in [-0.2, -0.15) is 0 Å². The summed E-state index contributed by atoms with van der Waals surface area (Å²) in [4.78, 5) is 4.96. The van der Waals surface area contributed by atoms with Gasteiger partial charge >= 0.3 is 0 Å². The first-order valence-electron chi connectivity index (χ1n) is 12.0. The van der Waals surface area contributed by atoms with Gasteiger partial charge in [-0.05, 0) is 102 Å². The Morgan fingerprint density at radius 1 is 0.963 bits per heavy atom. The van der Waals surface area contributed by atoms with Crippen molar-refractivity contribution < 1.29 is 0 Å². The van der Waals surface area contributed by atoms with Crippen LogP contribution in [0.1, 0.15) is 87.5 Å². The molecule has 164 valence electrons. The van der Waals surface area contributed by atoms with Gasteiger partial charge in [0.1, 0.15) is 0 Å². The fourth-order valence-electron chi connectivity index (χ4n) is 3.91. The number of piperidine rings is 1. The van der Waals surface area contributed by atoms with Crippen molar-refractivity contribution in [2.75, 3.05) is 52.4 Å². The zero-order valence-electron chi connectivity index (χ0n) is 20.2. The van der Waals surface area contributed by atoms with Gasteiger partial charge in [-0.15, -0.1) is 0 Å². The van der Waals surface area contributed by atoms with Gasteiger partial charge in [0.15, 0.2) is 0 Å². The molecule has 0 unspecified atom stereocenters. The average molecular weight is 384 g/mol. The second kappa shape index (κ2) is 15.8. The summed E-state index contributed by atoms with van der Waals surface area (Å²) in [6, 6.07) is 0. The molecule has 0 radical (unpaired) electrons. The van der Waals surface area contributed by atoms with E-state index in [1.165, 1.54) is 77.9 Å². The minimum absolute atomic E-state index is 0.617. The molecule has 1 aliphatic carbocycles. The topological polar surface area (TPSA) is 18.5 Å².